The Morgan fingerprint density at radius 2 is 2.00 bits per heavy atom. The molecular formula is C23H19ClF3N3O3. The largest absolute Gasteiger partial charge is 0.355 e. The Labute approximate surface area is 192 Å². The topological polar surface area (TPSA) is 78.5 Å². The third-order valence-electron chi connectivity index (χ3n) is 5.76. The molecule has 2 aromatic rings. The van der Waals surface area contributed by atoms with Crippen LogP contribution in [0.1, 0.15) is 35.1 Å². The highest BCUT2D eigenvalue weighted by molar-refractivity contribution is 6.30. The van der Waals surface area contributed by atoms with Crippen molar-refractivity contribution < 1.29 is 27.6 Å². The molecule has 0 bridgehead atoms. The highest BCUT2D eigenvalue weighted by Gasteiger charge is 2.43. The molecule has 1 fully saturated rings. The Morgan fingerprint density at radius 1 is 1.24 bits per heavy atom. The number of alkyl halides is 2. The van der Waals surface area contributed by atoms with E-state index in [-0.39, 0.29) is 29.8 Å². The van der Waals surface area contributed by atoms with Gasteiger partial charge in [0.1, 0.15) is 11.9 Å². The van der Waals surface area contributed by atoms with Gasteiger partial charge in [0, 0.05) is 35.8 Å². The summed E-state index contributed by atoms with van der Waals surface area (Å²) in [6.07, 6.45) is 0.604. The average Bonchev–Trinajstić information content (AvgIpc) is 3.07. The predicted molar refractivity (Wildman–Crippen MR) is 114 cm³/mol. The Morgan fingerprint density at radius 3 is 2.70 bits per heavy atom. The van der Waals surface area contributed by atoms with Crippen molar-refractivity contribution in [2.45, 2.75) is 37.9 Å². The number of benzene rings is 2. The molecular weight excluding hydrogens is 459 g/mol. The maximum atomic E-state index is 14.5. The van der Waals surface area contributed by atoms with Crippen molar-refractivity contribution in [3.05, 3.63) is 76.1 Å². The number of carbonyl (C=O) groups excluding carboxylic acids is 3. The van der Waals surface area contributed by atoms with Crippen molar-refractivity contribution in [1.82, 2.24) is 15.5 Å². The normalized spacial score (nSPS) is 18.2. The second-order valence-corrected chi connectivity index (χ2v) is 8.35. The zero-order valence-electron chi connectivity index (χ0n) is 17.3. The van der Waals surface area contributed by atoms with Gasteiger partial charge in [0.2, 0.25) is 11.8 Å². The number of carbonyl (C=O) groups is 3. The van der Waals surface area contributed by atoms with Crippen molar-refractivity contribution in [3.8, 4) is 0 Å². The molecule has 0 aliphatic carbocycles. The van der Waals surface area contributed by atoms with Crippen LogP contribution in [0.4, 0.5) is 13.2 Å². The van der Waals surface area contributed by atoms with E-state index in [1.807, 2.05) is 0 Å². The van der Waals surface area contributed by atoms with Crippen LogP contribution < -0.4 is 10.6 Å². The minimum absolute atomic E-state index is 0.0569. The Bertz CT molecular complexity index is 1180. The number of fused-ring (bicyclic) bond motifs is 1. The number of hydrogen-bond acceptors (Lipinski definition) is 4. The minimum Gasteiger partial charge on any atom is -0.355 e. The van der Waals surface area contributed by atoms with Crippen LogP contribution in [0.15, 0.2) is 43.0 Å². The van der Waals surface area contributed by atoms with Crippen molar-refractivity contribution in [2.75, 3.05) is 0 Å². The van der Waals surface area contributed by atoms with Gasteiger partial charge >= 0.3 is 5.92 Å². The Kier molecular flexibility index (Phi) is 5.92. The van der Waals surface area contributed by atoms with E-state index in [9.17, 15) is 27.6 Å². The van der Waals surface area contributed by atoms with E-state index in [0.29, 0.717) is 24.2 Å². The number of amides is 3. The highest BCUT2D eigenvalue weighted by Crippen LogP contribution is 2.36. The SMILES string of the molecule is C=C1c2ccc(CNC(=O)C(F)(F)c3ccc(Cl)cc3F)cc2CN1C1CCC(=O)NC1=O. The lowest BCUT2D eigenvalue weighted by atomic mass is 10.0. The van der Waals surface area contributed by atoms with E-state index < -0.39 is 29.3 Å². The Balaban J connectivity index is 1.44. The zero-order valence-corrected chi connectivity index (χ0v) is 18.0. The van der Waals surface area contributed by atoms with Crippen LogP contribution in [0, 0.1) is 5.82 Å². The minimum atomic E-state index is -4.08. The fraction of sp³-hybridized carbons (Fsp3) is 0.261. The average molecular weight is 478 g/mol. The summed E-state index contributed by atoms with van der Waals surface area (Å²) in [5.41, 5.74) is 1.72. The molecule has 3 amide bonds. The third-order valence-corrected chi connectivity index (χ3v) is 6.00. The molecule has 0 radical (unpaired) electrons. The van der Waals surface area contributed by atoms with Gasteiger partial charge in [0.15, 0.2) is 0 Å². The van der Waals surface area contributed by atoms with E-state index in [0.717, 1.165) is 29.3 Å². The van der Waals surface area contributed by atoms with Gasteiger partial charge in [0.25, 0.3) is 5.91 Å². The van der Waals surface area contributed by atoms with E-state index in [4.69, 9.17) is 11.6 Å². The third kappa shape index (κ3) is 4.32. The molecule has 10 heteroatoms. The number of nitrogens with zero attached hydrogens (tertiary/aromatic N) is 1. The summed E-state index contributed by atoms with van der Waals surface area (Å²) in [6, 6.07) is 7.18. The van der Waals surface area contributed by atoms with Crippen LogP contribution in [0.25, 0.3) is 5.70 Å². The summed E-state index contributed by atoms with van der Waals surface area (Å²) in [5.74, 6) is -7.69. The number of halogens is 4. The fourth-order valence-corrected chi connectivity index (χ4v) is 4.20. The smallest absolute Gasteiger partial charge is 0.352 e. The van der Waals surface area contributed by atoms with Gasteiger partial charge in [-0.1, -0.05) is 36.4 Å². The van der Waals surface area contributed by atoms with Gasteiger partial charge in [0.05, 0.1) is 5.56 Å². The summed E-state index contributed by atoms with van der Waals surface area (Å²) in [4.78, 5) is 37.6. The number of imide groups is 1. The van der Waals surface area contributed by atoms with Gasteiger partial charge in [-0.15, -0.1) is 0 Å². The second kappa shape index (κ2) is 8.55. The molecule has 0 saturated carbocycles. The molecule has 1 atom stereocenters. The molecule has 1 saturated heterocycles. The van der Waals surface area contributed by atoms with Crippen LogP contribution in [-0.2, 0) is 33.4 Å². The van der Waals surface area contributed by atoms with E-state index in [1.54, 1.807) is 23.1 Å². The maximum Gasteiger partial charge on any atom is 0.352 e. The second-order valence-electron chi connectivity index (χ2n) is 7.91. The molecule has 2 aliphatic rings. The first-order valence-corrected chi connectivity index (χ1v) is 10.5. The number of piperidine rings is 1. The van der Waals surface area contributed by atoms with Crippen LogP contribution in [0.3, 0.4) is 0 Å². The number of hydrogen-bond donors (Lipinski definition) is 2. The summed E-state index contributed by atoms with van der Waals surface area (Å²) < 4.78 is 42.8. The van der Waals surface area contributed by atoms with E-state index in [1.165, 1.54) is 0 Å². The molecule has 2 heterocycles. The molecule has 2 N–H and O–H groups in total. The van der Waals surface area contributed by atoms with E-state index in [2.05, 4.69) is 17.2 Å². The van der Waals surface area contributed by atoms with Gasteiger partial charge in [-0.3, -0.25) is 19.7 Å². The fourth-order valence-electron chi connectivity index (χ4n) is 4.04. The molecule has 33 heavy (non-hydrogen) atoms. The molecule has 6 nitrogen and oxygen atoms in total. The standard InChI is InChI=1S/C23H19ClF3N3O3/c1-12-16-4-2-13(8-14(16)11-30(12)19-6-7-20(31)29-21(19)32)10-28-22(33)23(26,27)17-5-3-15(24)9-18(17)25/h2-5,8-9,19H,1,6-7,10-11H2,(H,28,33)(H,29,31,32). The van der Waals surface area contributed by atoms with Crippen molar-refractivity contribution in [2.24, 2.45) is 0 Å². The lowest BCUT2D eigenvalue weighted by molar-refractivity contribution is -0.147. The van der Waals surface area contributed by atoms with Gasteiger partial charge < -0.3 is 10.2 Å². The van der Waals surface area contributed by atoms with Crippen LogP contribution in [0.5, 0.6) is 0 Å². The van der Waals surface area contributed by atoms with Crippen molar-refractivity contribution >= 4 is 35.0 Å². The first-order valence-electron chi connectivity index (χ1n) is 10.1. The number of rotatable bonds is 5. The van der Waals surface area contributed by atoms with Gasteiger partial charge in [-0.2, -0.15) is 8.78 Å². The molecule has 0 spiro atoms. The quantitative estimate of drug-likeness (QED) is 0.646. The molecule has 172 valence electrons. The van der Waals surface area contributed by atoms with Crippen LogP contribution in [-0.4, -0.2) is 28.7 Å². The Hall–Kier alpha value is -3.33. The van der Waals surface area contributed by atoms with Gasteiger partial charge in [-0.05, 0) is 35.7 Å². The lowest BCUT2D eigenvalue weighted by Crippen LogP contribution is -2.50. The molecule has 2 aliphatic heterocycles. The van der Waals surface area contributed by atoms with Crippen molar-refractivity contribution in [1.29, 1.82) is 0 Å². The van der Waals surface area contributed by atoms with E-state index >= 15 is 0 Å². The monoisotopic (exact) mass is 477 g/mol. The summed E-state index contributed by atoms with van der Waals surface area (Å²) in [7, 11) is 0. The summed E-state index contributed by atoms with van der Waals surface area (Å²) in [5, 5.41) is 4.40. The maximum absolute atomic E-state index is 14.5. The van der Waals surface area contributed by atoms with Gasteiger partial charge in [-0.25, -0.2) is 4.39 Å². The number of nitrogens with one attached hydrogen (secondary N) is 2. The molecule has 4 rings (SSSR count). The highest BCUT2D eigenvalue weighted by atomic mass is 35.5. The summed E-state index contributed by atoms with van der Waals surface area (Å²) >= 11 is 5.59. The zero-order chi connectivity index (χ0) is 23.9. The molecule has 0 aromatic heterocycles. The first kappa shape index (κ1) is 22.8. The van der Waals surface area contributed by atoms with Crippen molar-refractivity contribution in [3.63, 3.8) is 0 Å². The lowest BCUT2D eigenvalue weighted by Gasteiger charge is -2.31. The first-order chi connectivity index (χ1) is 15.6. The predicted octanol–water partition coefficient (Wildman–Crippen LogP) is 3.48. The molecule has 2 aromatic carbocycles. The van der Waals surface area contributed by atoms with Crippen LogP contribution in [0.2, 0.25) is 5.02 Å². The van der Waals surface area contributed by atoms with Crippen LogP contribution >= 0.6 is 11.6 Å². The summed E-state index contributed by atoms with van der Waals surface area (Å²) in [6.45, 7) is 4.19. The molecule has 1 unspecified atom stereocenters.